The van der Waals surface area contributed by atoms with Crippen LogP contribution in [0.2, 0.25) is 0 Å². The maximum Gasteiger partial charge on any atom is 0.420 e. The molecule has 0 bridgehead atoms. The van der Waals surface area contributed by atoms with Crippen molar-refractivity contribution >= 4 is 34.8 Å². The molecule has 1 fully saturated rings. The normalized spacial score (nSPS) is 13.9. The number of ether oxygens (including phenoxy) is 3. The maximum atomic E-state index is 13.4. The fourth-order valence-electron chi connectivity index (χ4n) is 4.01. The van der Waals surface area contributed by atoms with Gasteiger partial charge in [-0.05, 0) is 42.6 Å². The Balaban J connectivity index is 1.66. The standard InChI is InChI=1S/C27H28F3N7O4/c1-4-32-20-15-33-26(37-9-11-41-12-10-37)36-23(20)24(31)35-19-13-16(5-7-22(19)40-3)25(38)34-17-6-8-21(39-2)18(14-17)27(28,29)30/h4-8,13-15,32H,1,9-12H2,2-3H3,(H2,31,35)(H,34,38). The highest BCUT2D eigenvalue weighted by Crippen LogP contribution is 2.38. The SMILES string of the molecule is C=CNc1cnc(N2CCOCC2)nc1C(N)=Nc1cc(C(=O)Nc2ccc(OC)c(C(F)(F)F)c2)ccc1OC. The lowest BCUT2D eigenvalue weighted by Gasteiger charge is -2.27. The van der Waals surface area contributed by atoms with Gasteiger partial charge in [0.1, 0.15) is 22.9 Å². The zero-order chi connectivity index (χ0) is 29.6. The number of rotatable bonds is 9. The number of nitrogens with zero attached hydrogens (tertiary/aromatic N) is 4. The van der Waals surface area contributed by atoms with Gasteiger partial charge in [-0.15, -0.1) is 0 Å². The number of nitrogens with one attached hydrogen (secondary N) is 2. The Kier molecular flexibility index (Phi) is 8.92. The van der Waals surface area contributed by atoms with Crippen molar-refractivity contribution in [3.8, 4) is 11.5 Å². The summed E-state index contributed by atoms with van der Waals surface area (Å²) in [5, 5.41) is 5.40. The molecule has 4 N–H and O–H groups in total. The molecule has 0 aliphatic carbocycles. The average molecular weight is 572 g/mol. The topological polar surface area (TPSA) is 136 Å². The van der Waals surface area contributed by atoms with Gasteiger partial charge in [0.05, 0.1) is 44.9 Å². The third-order valence-corrected chi connectivity index (χ3v) is 6.01. The summed E-state index contributed by atoms with van der Waals surface area (Å²) in [5.41, 5.74) is 6.33. The number of carbonyl (C=O) groups is 1. The van der Waals surface area contributed by atoms with Crippen LogP contribution in [0.4, 0.5) is 36.2 Å². The van der Waals surface area contributed by atoms with Crippen LogP contribution in [0, 0.1) is 0 Å². The summed E-state index contributed by atoms with van der Waals surface area (Å²) in [6.07, 6.45) is -1.67. The number of aliphatic imine (C=N–C) groups is 1. The van der Waals surface area contributed by atoms with Gasteiger partial charge in [0.25, 0.3) is 5.91 Å². The first-order valence-corrected chi connectivity index (χ1v) is 12.3. The molecule has 14 heteroatoms. The molecule has 0 radical (unpaired) electrons. The van der Waals surface area contributed by atoms with Crippen LogP contribution in [0.3, 0.4) is 0 Å². The number of benzene rings is 2. The largest absolute Gasteiger partial charge is 0.496 e. The highest BCUT2D eigenvalue weighted by Gasteiger charge is 2.34. The fourth-order valence-corrected chi connectivity index (χ4v) is 4.01. The van der Waals surface area contributed by atoms with E-state index in [0.717, 1.165) is 19.2 Å². The summed E-state index contributed by atoms with van der Waals surface area (Å²) < 4.78 is 55.8. The van der Waals surface area contributed by atoms with Crippen LogP contribution in [0.25, 0.3) is 0 Å². The molecule has 0 spiro atoms. The molecular formula is C27H28F3N7O4. The molecular weight excluding hydrogens is 543 g/mol. The van der Waals surface area contributed by atoms with E-state index in [4.69, 9.17) is 19.9 Å². The first-order valence-electron chi connectivity index (χ1n) is 12.3. The van der Waals surface area contributed by atoms with Crippen LogP contribution < -0.4 is 30.7 Å². The van der Waals surface area contributed by atoms with Gasteiger partial charge in [0.15, 0.2) is 5.84 Å². The lowest BCUT2D eigenvalue weighted by Crippen LogP contribution is -2.37. The number of anilines is 3. The van der Waals surface area contributed by atoms with Crippen LogP contribution in [0.1, 0.15) is 21.6 Å². The van der Waals surface area contributed by atoms with E-state index in [0.29, 0.717) is 43.7 Å². The number of hydrogen-bond acceptors (Lipinski definition) is 9. The number of hydrogen-bond donors (Lipinski definition) is 3. The van der Waals surface area contributed by atoms with Gasteiger partial charge in [-0.1, -0.05) is 6.58 Å². The van der Waals surface area contributed by atoms with E-state index >= 15 is 0 Å². The predicted molar refractivity (Wildman–Crippen MR) is 148 cm³/mol. The minimum atomic E-state index is -4.67. The third kappa shape index (κ3) is 6.84. The smallest absolute Gasteiger partial charge is 0.420 e. The summed E-state index contributed by atoms with van der Waals surface area (Å²) in [6, 6.07) is 7.58. The second kappa shape index (κ2) is 12.6. The van der Waals surface area contributed by atoms with Crippen molar-refractivity contribution in [3.63, 3.8) is 0 Å². The van der Waals surface area contributed by atoms with Crippen molar-refractivity contribution < 1.29 is 32.2 Å². The number of nitrogens with two attached hydrogens (primary N) is 1. The van der Waals surface area contributed by atoms with Gasteiger partial charge in [-0.25, -0.2) is 15.0 Å². The molecule has 11 nitrogen and oxygen atoms in total. The molecule has 1 saturated heterocycles. The van der Waals surface area contributed by atoms with Crippen molar-refractivity contribution in [1.29, 1.82) is 0 Å². The van der Waals surface area contributed by atoms with E-state index in [9.17, 15) is 18.0 Å². The average Bonchev–Trinajstić information content (AvgIpc) is 2.97. The van der Waals surface area contributed by atoms with Crippen LogP contribution in [0.15, 0.2) is 60.4 Å². The Morgan fingerprint density at radius 1 is 1.15 bits per heavy atom. The van der Waals surface area contributed by atoms with Gasteiger partial charge in [0, 0.05) is 24.3 Å². The van der Waals surface area contributed by atoms with Gasteiger partial charge in [-0.3, -0.25) is 4.79 Å². The maximum absolute atomic E-state index is 13.4. The van der Waals surface area contributed by atoms with Crippen LogP contribution >= 0.6 is 0 Å². The van der Waals surface area contributed by atoms with Gasteiger partial charge >= 0.3 is 6.18 Å². The number of carbonyl (C=O) groups excluding carboxylic acids is 1. The summed E-state index contributed by atoms with van der Waals surface area (Å²) in [6.45, 7) is 5.95. The van der Waals surface area contributed by atoms with Crippen molar-refractivity contribution in [2.45, 2.75) is 6.18 Å². The lowest BCUT2D eigenvalue weighted by atomic mass is 10.1. The Hall–Kier alpha value is -4.85. The lowest BCUT2D eigenvalue weighted by molar-refractivity contribution is -0.138. The zero-order valence-corrected chi connectivity index (χ0v) is 22.3. The molecule has 1 aromatic heterocycles. The molecule has 1 amide bonds. The highest BCUT2D eigenvalue weighted by molar-refractivity contribution is 6.06. The number of morpholine rings is 1. The minimum Gasteiger partial charge on any atom is -0.496 e. The molecule has 1 aliphatic rings. The molecule has 2 aromatic carbocycles. The first kappa shape index (κ1) is 29.1. The number of methoxy groups -OCH3 is 2. The number of amides is 1. The first-order chi connectivity index (χ1) is 19.6. The Labute approximate surface area is 233 Å². The number of aromatic nitrogens is 2. The van der Waals surface area contributed by atoms with E-state index < -0.39 is 17.6 Å². The second-order valence-electron chi connectivity index (χ2n) is 8.63. The highest BCUT2D eigenvalue weighted by atomic mass is 19.4. The Morgan fingerprint density at radius 3 is 2.51 bits per heavy atom. The van der Waals surface area contributed by atoms with E-state index in [-0.39, 0.29) is 34.2 Å². The van der Waals surface area contributed by atoms with Crippen LogP contribution in [-0.4, -0.2) is 62.2 Å². The number of alkyl halides is 3. The Bertz CT molecular complexity index is 1460. The quantitative estimate of drug-likeness (QED) is 0.255. The Morgan fingerprint density at radius 2 is 1.85 bits per heavy atom. The molecule has 41 heavy (non-hydrogen) atoms. The van der Waals surface area contributed by atoms with Gasteiger partial charge in [-0.2, -0.15) is 13.2 Å². The van der Waals surface area contributed by atoms with Crippen molar-refractivity contribution in [3.05, 3.63) is 72.2 Å². The number of amidine groups is 1. The van der Waals surface area contributed by atoms with E-state index in [1.165, 1.54) is 37.6 Å². The minimum absolute atomic E-state index is 0.00732. The molecule has 1 aliphatic heterocycles. The summed E-state index contributed by atoms with van der Waals surface area (Å²) >= 11 is 0. The van der Waals surface area contributed by atoms with Crippen molar-refractivity contribution in [1.82, 2.24) is 9.97 Å². The number of halogens is 3. The molecule has 3 aromatic rings. The third-order valence-electron chi connectivity index (χ3n) is 6.01. The summed E-state index contributed by atoms with van der Waals surface area (Å²) in [4.78, 5) is 28.4. The monoisotopic (exact) mass is 571 g/mol. The predicted octanol–water partition coefficient (Wildman–Crippen LogP) is 4.19. The molecule has 0 unspecified atom stereocenters. The second-order valence-corrected chi connectivity index (χ2v) is 8.63. The van der Waals surface area contributed by atoms with Crippen molar-refractivity contribution in [2.24, 2.45) is 10.7 Å². The fraction of sp³-hybridized carbons (Fsp3) is 0.259. The summed E-state index contributed by atoms with van der Waals surface area (Å²) in [7, 11) is 2.56. The molecule has 0 atom stereocenters. The van der Waals surface area contributed by atoms with Gasteiger partial charge < -0.3 is 35.5 Å². The van der Waals surface area contributed by atoms with Gasteiger partial charge in [0.2, 0.25) is 5.95 Å². The molecule has 0 saturated carbocycles. The van der Waals surface area contributed by atoms with Crippen LogP contribution in [-0.2, 0) is 10.9 Å². The van der Waals surface area contributed by atoms with E-state index in [1.807, 2.05) is 4.90 Å². The molecule has 2 heterocycles. The molecule has 216 valence electrons. The van der Waals surface area contributed by atoms with Crippen LogP contribution in [0.5, 0.6) is 11.5 Å². The summed E-state index contributed by atoms with van der Waals surface area (Å²) in [5.74, 6) is -0.305. The molecule has 4 rings (SSSR count). The zero-order valence-electron chi connectivity index (χ0n) is 22.3. The van der Waals surface area contributed by atoms with Crippen molar-refractivity contribution in [2.75, 3.05) is 56.1 Å². The van der Waals surface area contributed by atoms with E-state index in [1.54, 1.807) is 6.20 Å². The van der Waals surface area contributed by atoms with E-state index in [2.05, 4.69) is 32.2 Å².